The molecule has 0 fully saturated rings. The highest BCUT2D eigenvalue weighted by Gasteiger charge is 2.14. The Labute approximate surface area is 126 Å². The average molecular weight is 286 g/mol. The van der Waals surface area contributed by atoms with Crippen LogP contribution in [0.4, 0.5) is 0 Å². The Kier molecular flexibility index (Phi) is 3.82. The summed E-state index contributed by atoms with van der Waals surface area (Å²) in [5.74, 6) is 0. The fourth-order valence-electron chi connectivity index (χ4n) is 3.00. The van der Waals surface area contributed by atoms with Gasteiger partial charge < -0.3 is 4.90 Å². The van der Waals surface area contributed by atoms with Crippen LogP contribution in [0.15, 0.2) is 36.4 Å². The van der Waals surface area contributed by atoms with Crippen LogP contribution in [0.1, 0.15) is 23.6 Å². The molecule has 104 valence electrons. The van der Waals surface area contributed by atoms with E-state index in [1.54, 1.807) is 0 Å². The maximum atomic E-state index is 6.11. The molecule has 0 bridgehead atoms. The molecular weight excluding hydrogens is 266 g/mol. The minimum Gasteiger partial charge on any atom is -0.302 e. The molecule has 2 aromatic rings. The molecule has 20 heavy (non-hydrogen) atoms. The van der Waals surface area contributed by atoms with E-state index in [0.29, 0.717) is 0 Å². The number of hydrogen-bond acceptors (Lipinski definition) is 1. The molecule has 0 aliphatic carbocycles. The summed E-state index contributed by atoms with van der Waals surface area (Å²) in [6, 6.07) is 13.1. The van der Waals surface area contributed by atoms with Gasteiger partial charge in [-0.25, -0.2) is 0 Å². The Balaban J connectivity index is 2.05. The molecule has 2 aromatic carbocycles. The highest BCUT2D eigenvalue weighted by molar-refractivity contribution is 6.30. The molecule has 1 nitrogen and oxygen atoms in total. The summed E-state index contributed by atoms with van der Waals surface area (Å²) in [7, 11) is 2.19. The van der Waals surface area contributed by atoms with Gasteiger partial charge in [0.2, 0.25) is 0 Å². The average Bonchev–Trinajstić information content (AvgIpc) is 2.46. The summed E-state index contributed by atoms with van der Waals surface area (Å²) >= 11 is 6.11. The van der Waals surface area contributed by atoms with Crippen LogP contribution in [0.2, 0.25) is 5.02 Å². The van der Waals surface area contributed by atoms with Crippen molar-refractivity contribution in [2.75, 3.05) is 13.6 Å². The van der Waals surface area contributed by atoms with Crippen molar-refractivity contribution in [1.29, 1.82) is 0 Å². The number of fused-ring (bicyclic) bond motifs is 1. The van der Waals surface area contributed by atoms with Crippen molar-refractivity contribution in [2.24, 2.45) is 0 Å². The molecule has 0 atom stereocenters. The first-order chi connectivity index (χ1) is 9.67. The van der Waals surface area contributed by atoms with Gasteiger partial charge in [-0.05, 0) is 65.9 Å². The van der Waals surface area contributed by atoms with Gasteiger partial charge in [-0.15, -0.1) is 0 Å². The van der Waals surface area contributed by atoms with E-state index in [2.05, 4.69) is 49.2 Å². The second-order valence-corrected chi connectivity index (χ2v) is 6.06. The van der Waals surface area contributed by atoms with Crippen LogP contribution in [0.3, 0.4) is 0 Å². The highest BCUT2D eigenvalue weighted by Crippen LogP contribution is 2.30. The Hall–Kier alpha value is -1.31. The molecular formula is C18H20ClN. The van der Waals surface area contributed by atoms with Crippen molar-refractivity contribution < 1.29 is 0 Å². The zero-order chi connectivity index (χ0) is 14.1. The van der Waals surface area contributed by atoms with E-state index in [1.165, 1.54) is 27.8 Å². The normalized spacial score (nSPS) is 15.2. The van der Waals surface area contributed by atoms with E-state index < -0.39 is 0 Å². The maximum Gasteiger partial charge on any atom is 0.0409 e. The zero-order valence-electron chi connectivity index (χ0n) is 12.1. The molecule has 0 amide bonds. The van der Waals surface area contributed by atoms with Crippen molar-refractivity contribution in [1.82, 2.24) is 4.90 Å². The first kappa shape index (κ1) is 13.7. The molecule has 0 aromatic heterocycles. The fraction of sp³-hybridized carbons (Fsp3) is 0.333. The maximum absolute atomic E-state index is 6.11. The Morgan fingerprint density at radius 3 is 2.75 bits per heavy atom. The number of nitrogens with zero attached hydrogens (tertiary/aromatic N) is 1. The molecule has 0 saturated heterocycles. The third-order valence-electron chi connectivity index (χ3n) is 4.17. The van der Waals surface area contributed by atoms with Crippen molar-refractivity contribution >= 4 is 11.6 Å². The lowest BCUT2D eigenvalue weighted by Gasteiger charge is -2.25. The number of hydrogen-bond donors (Lipinski definition) is 0. The minimum absolute atomic E-state index is 0.822. The van der Waals surface area contributed by atoms with Gasteiger partial charge >= 0.3 is 0 Å². The third kappa shape index (κ3) is 2.61. The molecule has 0 spiro atoms. The minimum atomic E-state index is 0.822. The predicted octanol–water partition coefficient (Wildman–Crippen LogP) is 4.56. The molecule has 0 N–H and O–H groups in total. The zero-order valence-corrected chi connectivity index (χ0v) is 12.9. The van der Waals surface area contributed by atoms with E-state index in [4.69, 9.17) is 11.6 Å². The second kappa shape index (κ2) is 5.59. The predicted molar refractivity (Wildman–Crippen MR) is 86.3 cm³/mol. The molecule has 2 heteroatoms. The molecule has 1 aliphatic rings. The first-order valence-corrected chi connectivity index (χ1v) is 7.64. The lowest BCUT2D eigenvalue weighted by molar-refractivity contribution is 0.313. The topological polar surface area (TPSA) is 3.24 Å². The van der Waals surface area contributed by atoms with Gasteiger partial charge in [-0.3, -0.25) is 0 Å². The lowest BCUT2D eigenvalue weighted by atomic mass is 9.92. The van der Waals surface area contributed by atoms with Gasteiger partial charge in [0, 0.05) is 18.1 Å². The van der Waals surface area contributed by atoms with Crippen LogP contribution in [0.25, 0.3) is 11.1 Å². The summed E-state index contributed by atoms with van der Waals surface area (Å²) in [6.45, 7) is 4.40. The van der Waals surface area contributed by atoms with Gasteiger partial charge in [-0.1, -0.05) is 36.7 Å². The number of benzene rings is 2. The van der Waals surface area contributed by atoms with Crippen LogP contribution in [-0.2, 0) is 19.4 Å². The molecule has 0 unspecified atom stereocenters. The summed E-state index contributed by atoms with van der Waals surface area (Å²) in [5.41, 5.74) is 6.91. The quantitative estimate of drug-likeness (QED) is 0.782. The van der Waals surface area contributed by atoms with Crippen molar-refractivity contribution in [3.05, 3.63) is 58.1 Å². The van der Waals surface area contributed by atoms with Gasteiger partial charge in [0.25, 0.3) is 0 Å². The first-order valence-electron chi connectivity index (χ1n) is 7.26. The Bertz CT molecular complexity index is 633. The van der Waals surface area contributed by atoms with Crippen molar-refractivity contribution in [2.45, 2.75) is 26.3 Å². The SMILES string of the molecule is CCc1cc(Cl)ccc1-c1ccc2c(c1)CN(C)CC2. The third-order valence-corrected chi connectivity index (χ3v) is 4.40. The number of halogens is 1. The van der Waals surface area contributed by atoms with Crippen molar-refractivity contribution in [3.8, 4) is 11.1 Å². The highest BCUT2D eigenvalue weighted by atomic mass is 35.5. The molecule has 3 rings (SSSR count). The summed E-state index contributed by atoms with van der Waals surface area (Å²) < 4.78 is 0. The number of rotatable bonds is 2. The molecule has 0 radical (unpaired) electrons. The lowest BCUT2D eigenvalue weighted by Crippen LogP contribution is -2.26. The molecule has 1 aliphatic heterocycles. The smallest absolute Gasteiger partial charge is 0.0409 e. The van der Waals surface area contributed by atoms with Gasteiger partial charge in [0.1, 0.15) is 0 Å². The Morgan fingerprint density at radius 2 is 1.95 bits per heavy atom. The number of aryl methyl sites for hydroxylation is 1. The Morgan fingerprint density at radius 1 is 1.10 bits per heavy atom. The van der Waals surface area contributed by atoms with Crippen molar-refractivity contribution in [3.63, 3.8) is 0 Å². The van der Waals surface area contributed by atoms with E-state index in [1.807, 2.05) is 6.07 Å². The van der Waals surface area contributed by atoms with E-state index in [9.17, 15) is 0 Å². The van der Waals surface area contributed by atoms with Crippen LogP contribution >= 0.6 is 11.6 Å². The standard InChI is InChI=1S/C18H20ClN/c1-3-13-11-17(19)6-7-18(13)15-5-4-14-8-9-20(2)12-16(14)10-15/h4-7,10-11H,3,8-9,12H2,1-2H3. The van der Waals surface area contributed by atoms with Crippen LogP contribution in [-0.4, -0.2) is 18.5 Å². The number of likely N-dealkylation sites (N-methyl/N-ethyl adjacent to an activating group) is 1. The van der Waals surface area contributed by atoms with Crippen LogP contribution in [0.5, 0.6) is 0 Å². The summed E-state index contributed by atoms with van der Waals surface area (Å²) in [5, 5.41) is 0.822. The monoisotopic (exact) mass is 285 g/mol. The fourth-order valence-corrected chi connectivity index (χ4v) is 3.20. The van der Waals surface area contributed by atoms with Gasteiger partial charge in [0.05, 0.1) is 0 Å². The van der Waals surface area contributed by atoms with E-state index in [-0.39, 0.29) is 0 Å². The molecule has 1 heterocycles. The largest absolute Gasteiger partial charge is 0.302 e. The summed E-state index contributed by atoms with van der Waals surface area (Å²) in [4.78, 5) is 2.38. The van der Waals surface area contributed by atoms with Gasteiger partial charge in [-0.2, -0.15) is 0 Å². The van der Waals surface area contributed by atoms with E-state index >= 15 is 0 Å². The van der Waals surface area contributed by atoms with Gasteiger partial charge in [0.15, 0.2) is 0 Å². The molecule has 0 saturated carbocycles. The summed E-state index contributed by atoms with van der Waals surface area (Å²) in [6.07, 6.45) is 2.17. The second-order valence-electron chi connectivity index (χ2n) is 5.63. The van der Waals surface area contributed by atoms with Crippen LogP contribution < -0.4 is 0 Å². The van der Waals surface area contributed by atoms with E-state index in [0.717, 1.165) is 31.0 Å². The van der Waals surface area contributed by atoms with Crippen LogP contribution in [0, 0.1) is 0 Å².